The fraction of sp³-hybridized carbons (Fsp3) is 0.571. The number of allylic oxidation sites excluding steroid dienone is 3. The Morgan fingerprint density at radius 2 is 1.76 bits per heavy atom. The number of ether oxygens (including phenoxy) is 1. The van der Waals surface area contributed by atoms with E-state index < -0.39 is 30.4 Å². The predicted octanol–water partition coefficient (Wildman–Crippen LogP) is -0.915. The predicted molar refractivity (Wildman–Crippen MR) is 74.2 cm³/mol. The lowest BCUT2D eigenvalue weighted by atomic mass is 9.99. The summed E-state index contributed by atoms with van der Waals surface area (Å²) in [6, 6.07) is 0. The zero-order valence-corrected chi connectivity index (χ0v) is 11.8. The average molecular weight is 302 g/mol. The molecule has 0 saturated heterocycles. The molecular weight excluding hydrogens is 280 g/mol. The molecule has 0 aromatic carbocycles. The maximum Gasteiger partial charge on any atom is 0.308 e. The molecule has 0 spiro atoms. The third-order valence-corrected chi connectivity index (χ3v) is 2.75. The lowest BCUT2D eigenvalue weighted by Crippen LogP contribution is -2.39. The summed E-state index contributed by atoms with van der Waals surface area (Å²) in [6.45, 7) is 0. The number of rotatable bonds is 10. The summed E-state index contributed by atoms with van der Waals surface area (Å²) in [5, 5.41) is 38.5. The Kier molecular flexibility index (Phi) is 10.3. The maximum atomic E-state index is 10.9. The molecular formula is C14H22O7. The Morgan fingerprint density at radius 3 is 2.33 bits per heavy atom. The van der Waals surface area contributed by atoms with E-state index in [4.69, 9.17) is 0 Å². The molecule has 4 N–H and O–H groups in total. The number of carbonyl (C=O) groups is 2. The van der Waals surface area contributed by atoms with E-state index >= 15 is 0 Å². The first-order valence-corrected chi connectivity index (χ1v) is 6.48. The highest BCUT2D eigenvalue weighted by Gasteiger charge is 2.26. The van der Waals surface area contributed by atoms with Crippen LogP contribution in [0.1, 0.15) is 19.3 Å². The van der Waals surface area contributed by atoms with Crippen molar-refractivity contribution in [2.75, 3.05) is 7.11 Å². The Labute approximate surface area is 123 Å². The zero-order valence-electron chi connectivity index (χ0n) is 11.8. The van der Waals surface area contributed by atoms with Gasteiger partial charge >= 0.3 is 5.97 Å². The van der Waals surface area contributed by atoms with Gasteiger partial charge in [0.15, 0.2) is 0 Å². The third-order valence-electron chi connectivity index (χ3n) is 2.75. The molecule has 0 aliphatic rings. The van der Waals surface area contributed by atoms with Gasteiger partial charge in [-0.3, -0.25) is 9.59 Å². The van der Waals surface area contributed by atoms with Gasteiger partial charge < -0.3 is 25.2 Å². The molecule has 21 heavy (non-hydrogen) atoms. The highest BCUT2D eigenvalue weighted by atomic mass is 16.5. The largest absolute Gasteiger partial charge is 0.469 e. The molecule has 0 aliphatic carbocycles. The molecule has 0 rings (SSSR count). The number of aldehydes is 1. The second kappa shape index (κ2) is 11.2. The van der Waals surface area contributed by atoms with Crippen LogP contribution in [-0.4, -0.2) is 64.2 Å². The normalized spacial score (nSPS) is 17.6. The molecule has 0 aromatic heterocycles. The number of carbonyl (C=O) groups excluding carboxylic acids is 2. The summed E-state index contributed by atoms with van der Waals surface area (Å²) < 4.78 is 4.36. The van der Waals surface area contributed by atoms with Gasteiger partial charge in [-0.1, -0.05) is 18.2 Å². The monoisotopic (exact) mass is 302 g/mol. The summed E-state index contributed by atoms with van der Waals surface area (Å²) in [5.41, 5.74) is 0. The minimum Gasteiger partial charge on any atom is -0.469 e. The Morgan fingerprint density at radius 1 is 1.10 bits per heavy atom. The van der Waals surface area contributed by atoms with Crippen LogP contribution < -0.4 is 0 Å². The minimum absolute atomic E-state index is 0.0640. The average Bonchev–Trinajstić information content (AvgIpc) is 2.45. The van der Waals surface area contributed by atoms with Gasteiger partial charge in [0, 0.05) is 6.42 Å². The minimum atomic E-state index is -1.46. The van der Waals surface area contributed by atoms with Crippen molar-refractivity contribution < 1.29 is 34.8 Å². The van der Waals surface area contributed by atoms with Crippen molar-refractivity contribution in [2.24, 2.45) is 0 Å². The van der Waals surface area contributed by atoms with Crippen molar-refractivity contribution in [1.82, 2.24) is 0 Å². The SMILES string of the molecule is COC(=O)CC(O)CC(O)C(O)C(O)C/C=C/C=C/C=O. The molecule has 120 valence electrons. The van der Waals surface area contributed by atoms with Crippen LogP contribution >= 0.6 is 0 Å². The van der Waals surface area contributed by atoms with Crippen LogP contribution in [0.3, 0.4) is 0 Å². The van der Waals surface area contributed by atoms with Gasteiger partial charge in [0.25, 0.3) is 0 Å². The molecule has 7 nitrogen and oxygen atoms in total. The molecule has 0 heterocycles. The zero-order chi connectivity index (χ0) is 16.3. The van der Waals surface area contributed by atoms with Crippen LogP contribution in [0, 0.1) is 0 Å². The summed E-state index contributed by atoms with van der Waals surface area (Å²) in [4.78, 5) is 20.9. The lowest BCUT2D eigenvalue weighted by Gasteiger charge is -2.23. The fourth-order valence-electron chi connectivity index (χ4n) is 1.58. The van der Waals surface area contributed by atoms with E-state index in [2.05, 4.69) is 4.74 Å². The van der Waals surface area contributed by atoms with E-state index in [9.17, 15) is 30.0 Å². The summed E-state index contributed by atoms with van der Waals surface area (Å²) >= 11 is 0. The van der Waals surface area contributed by atoms with E-state index in [-0.39, 0.29) is 19.3 Å². The summed E-state index contributed by atoms with van der Waals surface area (Å²) in [6.07, 6.45) is 0.627. The Hall–Kier alpha value is -1.54. The van der Waals surface area contributed by atoms with Crippen molar-refractivity contribution in [2.45, 2.75) is 43.7 Å². The standard InChI is InChI=1S/C14H22O7/c1-21-13(19)9-10(16)8-12(18)14(20)11(17)6-4-2-3-5-7-15/h2-5,7,10-12,14,16-18,20H,6,8-9H2,1H3/b4-2+,5-3+. The first-order chi connectivity index (χ1) is 9.92. The number of hydrogen-bond acceptors (Lipinski definition) is 7. The smallest absolute Gasteiger partial charge is 0.308 e. The van der Waals surface area contributed by atoms with Gasteiger partial charge in [0.05, 0.1) is 31.8 Å². The van der Waals surface area contributed by atoms with Gasteiger partial charge in [-0.15, -0.1) is 0 Å². The van der Waals surface area contributed by atoms with Crippen LogP contribution in [0.15, 0.2) is 24.3 Å². The molecule has 0 fully saturated rings. The van der Waals surface area contributed by atoms with Crippen LogP contribution in [0.4, 0.5) is 0 Å². The summed E-state index contributed by atoms with van der Waals surface area (Å²) in [5.74, 6) is -0.630. The van der Waals surface area contributed by atoms with Gasteiger partial charge in [-0.05, 0) is 12.5 Å². The van der Waals surface area contributed by atoms with E-state index in [1.165, 1.54) is 31.4 Å². The van der Waals surface area contributed by atoms with Gasteiger partial charge in [-0.25, -0.2) is 0 Å². The molecule has 7 heteroatoms. The van der Waals surface area contributed by atoms with Gasteiger partial charge in [0.2, 0.25) is 0 Å². The topological polar surface area (TPSA) is 124 Å². The molecule has 0 bridgehead atoms. The number of aliphatic hydroxyl groups excluding tert-OH is 4. The fourth-order valence-corrected chi connectivity index (χ4v) is 1.58. The first-order valence-electron chi connectivity index (χ1n) is 6.48. The maximum absolute atomic E-state index is 10.9. The van der Waals surface area contributed by atoms with Crippen LogP contribution in [0.2, 0.25) is 0 Å². The highest BCUT2D eigenvalue weighted by molar-refractivity contribution is 5.69. The molecule has 0 amide bonds. The van der Waals surface area contributed by atoms with Gasteiger partial charge in [-0.2, -0.15) is 0 Å². The number of methoxy groups -OCH3 is 1. The number of hydrogen-bond donors (Lipinski definition) is 4. The lowest BCUT2D eigenvalue weighted by molar-refractivity contribution is -0.143. The quantitative estimate of drug-likeness (QED) is 0.178. The molecule has 0 saturated carbocycles. The van der Waals surface area contributed by atoms with E-state index in [0.29, 0.717) is 6.29 Å². The summed E-state index contributed by atoms with van der Waals surface area (Å²) in [7, 11) is 1.18. The highest BCUT2D eigenvalue weighted by Crippen LogP contribution is 2.12. The molecule has 0 radical (unpaired) electrons. The van der Waals surface area contributed by atoms with Gasteiger partial charge in [0.1, 0.15) is 12.4 Å². The molecule has 0 aliphatic heterocycles. The first kappa shape index (κ1) is 19.5. The van der Waals surface area contributed by atoms with Crippen molar-refractivity contribution in [3.8, 4) is 0 Å². The Bertz CT molecular complexity index is 364. The van der Waals surface area contributed by atoms with Crippen molar-refractivity contribution in [3.05, 3.63) is 24.3 Å². The number of aliphatic hydroxyl groups is 4. The molecule has 4 atom stereocenters. The van der Waals surface area contributed by atoms with E-state index in [1.54, 1.807) is 0 Å². The van der Waals surface area contributed by atoms with E-state index in [1.807, 2.05) is 0 Å². The molecule has 4 unspecified atom stereocenters. The van der Waals surface area contributed by atoms with Crippen molar-refractivity contribution in [3.63, 3.8) is 0 Å². The van der Waals surface area contributed by atoms with E-state index in [0.717, 1.165) is 0 Å². The van der Waals surface area contributed by atoms with Crippen LogP contribution in [0.5, 0.6) is 0 Å². The second-order valence-corrected chi connectivity index (χ2v) is 4.48. The van der Waals surface area contributed by atoms with Crippen LogP contribution in [-0.2, 0) is 14.3 Å². The number of esters is 1. The van der Waals surface area contributed by atoms with Crippen molar-refractivity contribution in [1.29, 1.82) is 0 Å². The third kappa shape index (κ3) is 9.09. The van der Waals surface area contributed by atoms with Crippen molar-refractivity contribution >= 4 is 12.3 Å². The molecule has 0 aromatic rings. The second-order valence-electron chi connectivity index (χ2n) is 4.48. The van der Waals surface area contributed by atoms with Crippen LogP contribution in [0.25, 0.3) is 0 Å². The Balaban J connectivity index is 4.19.